The van der Waals surface area contributed by atoms with E-state index < -0.39 is 15.3 Å². The SMILES string of the molecule is CCC(C#N)S(=O)(=O)Nc1ccc(Br)c(C)c1. The number of nitriles is 1. The molecule has 0 bridgehead atoms. The van der Waals surface area contributed by atoms with Crippen molar-refractivity contribution < 1.29 is 8.42 Å². The molecule has 1 aromatic carbocycles. The lowest BCUT2D eigenvalue weighted by molar-refractivity contribution is 0.593. The van der Waals surface area contributed by atoms with Gasteiger partial charge in [0.1, 0.15) is 0 Å². The van der Waals surface area contributed by atoms with E-state index in [0.29, 0.717) is 5.69 Å². The molecule has 6 heteroatoms. The zero-order valence-corrected chi connectivity index (χ0v) is 12.0. The lowest BCUT2D eigenvalue weighted by Crippen LogP contribution is -2.25. The highest BCUT2D eigenvalue weighted by molar-refractivity contribution is 9.10. The molecular weight excluding hydrogens is 304 g/mol. The van der Waals surface area contributed by atoms with E-state index in [1.165, 1.54) is 0 Å². The Balaban J connectivity index is 2.99. The molecular formula is C11H13BrN2O2S. The molecule has 0 amide bonds. The van der Waals surface area contributed by atoms with Crippen LogP contribution in [0, 0.1) is 18.3 Å². The summed E-state index contributed by atoms with van der Waals surface area (Å²) in [4.78, 5) is 0. The molecule has 1 rings (SSSR count). The van der Waals surface area contributed by atoms with E-state index >= 15 is 0 Å². The molecule has 1 aromatic rings. The van der Waals surface area contributed by atoms with Crippen molar-refractivity contribution in [2.45, 2.75) is 25.5 Å². The van der Waals surface area contributed by atoms with Crippen LogP contribution in [0.25, 0.3) is 0 Å². The molecule has 0 saturated heterocycles. The van der Waals surface area contributed by atoms with E-state index in [4.69, 9.17) is 5.26 Å². The molecule has 0 fully saturated rings. The quantitative estimate of drug-likeness (QED) is 0.928. The fourth-order valence-corrected chi connectivity index (χ4v) is 2.75. The summed E-state index contributed by atoms with van der Waals surface area (Å²) >= 11 is 3.34. The first-order chi connectivity index (χ1) is 7.90. The molecule has 0 aliphatic carbocycles. The van der Waals surface area contributed by atoms with Crippen LogP contribution < -0.4 is 4.72 Å². The van der Waals surface area contributed by atoms with Crippen LogP contribution in [0.4, 0.5) is 5.69 Å². The molecule has 92 valence electrons. The number of halogens is 1. The summed E-state index contributed by atoms with van der Waals surface area (Å²) in [6, 6.07) is 6.91. The van der Waals surface area contributed by atoms with Crippen molar-refractivity contribution >= 4 is 31.6 Å². The zero-order chi connectivity index (χ0) is 13.1. The van der Waals surface area contributed by atoms with Gasteiger partial charge in [-0.1, -0.05) is 22.9 Å². The van der Waals surface area contributed by atoms with Crippen molar-refractivity contribution in [2.75, 3.05) is 4.72 Å². The smallest absolute Gasteiger partial charge is 0.249 e. The van der Waals surface area contributed by atoms with Gasteiger partial charge < -0.3 is 0 Å². The summed E-state index contributed by atoms with van der Waals surface area (Å²) in [5.41, 5.74) is 1.40. The summed E-state index contributed by atoms with van der Waals surface area (Å²) in [6.07, 6.45) is 0.265. The average molecular weight is 317 g/mol. The minimum atomic E-state index is -3.63. The number of hydrogen-bond acceptors (Lipinski definition) is 3. The number of hydrogen-bond donors (Lipinski definition) is 1. The Morgan fingerprint density at radius 2 is 2.18 bits per heavy atom. The van der Waals surface area contributed by atoms with Crippen molar-refractivity contribution in [3.63, 3.8) is 0 Å². The number of rotatable bonds is 4. The first-order valence-electron chi connectivity index (χ1n) is 5.08. The number of sulfonamides is 1. The number of nitrogens with zero attached hydrogens (tertiary/aromatic N) is 1. The second-order valence-electron chi connectivity index (χ2n) is 3.64. The van der Waals surface area contributed by atoms with Crippen LogP contribution in [-0.2, 0) is 10.0 Å². The maximum Gasteiger partial charge on any atom is 0.249 e. The van der Waals surface area contributed by atoms with Gasteiger partial charge in [0.25, 0.3) is 0 Å². The second-order valence-corrected chi connectivity index (χ2v) is 6.35. The molecule has 0 heterocycles. The highest BCUT2D eigenvalue weighted by Crippen LogP contribution is 2.21. The van der Waals surface area contributed by atoms with Crippen molar-refractivity contribution in [3.8, 4) is 6.07 Å². The van der Waals surface area contributed by atoms with Gasteiger partial charge in [-0.3, -0.25) is 4.72 Å². The van der Waals surface area contributed by atoms with E-state index in [0.717, 1.165) is 10.0 Å². The largest absolute Gasteiger partial charge is 0.282 e. The first-order valence-corrected chi connectivity index (χ1v) is 7.42. The summed E-state index contributed by atoms with van der Waals surface area (Å²) < 4.78 is 27.0. The molecule has 0 saturated carbocycles. The van der Waals surface area contributed by atoms with Crippen LogP contribution in [0.15, 0.2) is 22.7 Å². The van der Waals surface area contributed by atoms with Gasteiger partial charge in [-0.25, -0.2) is 8.42 Å². The third-order valence-electron chi connectivity index (χ3n) is 2.31. The Hall–Kier alpha value is -1.06. The standard InChI is InChI=1S/C11H13BrN2O2S/c1-3-10(7-13)17(15,16)14-9-4-5-11(12)8(2)6-9/h4-6,10,14H,3H2,1-2H3. The second kappa shape index (κ2) is 5.52. The Kier molecular flexibility index (Phi) is 4.54. The average Bonchev–Trinajstić information content (AvgIpc) is 2.24. The summed E-state index contributed by atoms with van der Waals surface area (Å²) in [5.74, 6) is 0. The molecule has 1 atom stereocenters. The molecule has 17 heavy (non-hydrogen) atoms. The van der Waals surface area contributed by atoms with Gasteiger partial charge in [-0.05, 0) is 37.1 Å². The minimum Gasteiger partial charge on any atom is -0.282 e. The lowest BCUT2D eigenvalue weighted by atomic mass is 10.2. The summed E-state index contributed by atoms with van der Waals surface area (Å²) in [6.45, 7) is 3.53. The molecule has 0 aromatic heterocycles. The van der Waals surface area contributed by atoms with Gasteiger partial charge >= 0.3 is 0 Å². The van der Waals surface area contributed by atoms with Crippen LogP contribution >= 0.6 is 15.9 Å². The first kappa shape index (κ1) is 14.0. The third kappa shape index (κ3) is 3.45. The summed E-state index contributed by atoms with van der Waals surface area (Å²) in [7, 11) is -3.63. The fourth-order valence-electron chi connectivity index (χ4n) is 1.32. The minimum absolute atomic E-state index is 0.265. The van der Waals surface area contributed by atoms with Gasteiger partial charge in [-0.15, -0.1) is 0 Å². The van der Waals surface area contributed by atoms with Crippen LogP contribution in [0.5, 0.6) is 0 Å². The maximum absolute atomic E-state index is 11.8. The van der Waals surface area contributed by atoms with Gasteiger partial charge in [0.05, 0.1) is 6.07 Å². The zero-order valence-electron chi connectivity index (χ0n) is 9.57. The van der Waals surface area contributed by atoms with E-state index in [-0.39, 0.29) is 6.42 Å². The van der Waals surface area contributed by atoms with Gasteiger partial charge in [-0.2, -0.15) is 5.26 Å². The topological polar surface area (TPSA) is 70.0 Å². The molecule has 0 spiro atoms. The Bertz CT molecular complexity index is 549. The Morgan fingerprint density at radius 1 is 1.53 bits per heavy atom. The number of anilines is 1. The highest BCUT2D eigenvalue weighted by atomic mass is 79.9. The van der Waals surface area contributed by atoms with E-state index in [1.54, 1.807) is 31.2 Å². The van der Waals surface area contributed by atoms with Crippen molar-refractivity contribution in [1.29, 1.82) is 5.26 Å². The molecule has 0 radical (unpaired) electrons. The van der Waals surface area contributed by atoms with Gasteiger partial charge in [0.15, 0.2) is 5.25 Å². The maximum atomic E-state index is 11.8. The molecule has 4 nitrogen and oxygen atoms in total. The predicted molar refractivity (Wildman–Crippen MR) is 71.1 cm³/mol. The molecule has 1 N–H and O–H groups in total. The van der Waals surface area contributed by atoms with Crippen LogP contribution in [0.2, 0.25) is 0 Å². The van der Waals surface area contributed by atoms with E-state index in [1.807, 2.05) is 6.92 Å². The fraction of sp³-hybridized carbons (Fsp3) is 0.364. The van der Waals surface area contributed by atoms with E-state index in [2.05, 4.69) is 20.7 Å². The van der Waals surface area contributed by atoms with Gasteiger partial charge in [0.2, 0.25) is 10.0 Å². The molecule has 1 unspecified atom stereocenters. The van der Waals surface area contributed by atoms with Crippen molar-refractivity contribution in [1.82, 2.24) is 0 Å². The van der Waals surface area contributed by atoms with Crippen molar-refractivity contribution in [2.24, 2.45) is 0 Å². The Labute approximate surface area is 110 Å². The molecule has 0 aliphatic rings. The Morgan fingerprint density at radius 3 is 2.65 bits per heavy atom. The highest BCUT2D eigenvalue weighted by Gasteiger charge is 2.23. The van der Waals surface area contributed by atoms with Crippen LogP contribution in [0.1, 0.15) is 18.9 Å². The number of benzene rings is 1. The van der Waals surface area contributed by atoms with Crippen molar-refractivity contribution in [3.05, 3.63) is 28.2 Å². The number of nitrogens with one attached hydrogen (secondary N) is 1. The van der Waals surface area contributed by atoms with Gasteiger partial charge in [0, 0.05) is 10.2 Å². The van der Waals surface area contributed by atoms with E-state index in [9.17, 15) is 8.42 Å². The predicted octanol–water partition coefficient (Wildman–Crippen LogP) is 2.80. The molecule has 0 aliphatic heterocycles. The monoisotopic (exact) mass is 316 g/mol. The van der Waals surface area contributed by atoms with Crippen LogP contribution in [0.3, 0.4) is 0 Å². The third-order valence-corrected chi connectivity index (χ3v) is 4.91. The summed E-state index contributed by atoms with van der Waals surface area (Å²) in [5, 5.41) is 7.74. The lowest BCUT2D eigenvalue weighted by Gasteiger charge is -2.12. The number of aryl methyl sites for hydroxylation is 1. The normalized spacial score (nSPS) is 12.8. The van der Waals surface area contributed by atoms with Crippen LogP contribution in [-0.4, -0.2) is 13.7 Å².